The van der Waals surface area contributed by atoms with Crippen molar-refractivity contribution in [3.8, 4) is 0 Å². The number of hydrogen-bond donors (Lipinski definition) is 3. The van der Waals surface area contributed by atoms with E-state index in [-0.39, 0.29) is 42.2 Å². The first kappa shape index (κ1) is 18.7. The van der Waals surface area contributed by atoms with Crippen LogP contribution in [0.2, 0.25) is 0 Å². The molecule has 0 bridgehead atoms. The summed E-state index contributed by atoms with van der Waals surface area (Å²) in [6, 6.07) is -0.952. The lowest BCUT2D eigenvalue weighted by Gasteiger charge is -2.25. The van der Waals surface area contributed by atoms with Crippen LogP contribution >= 0.6 is 12.4 Å². The Morgan fingerprint density at radius 2 is 2.05 bits per heavy atom. The molecule has 8 heteroatoms. The van der Waals surface area contributed by atoms with Crippen molar-refractivity contribution >= 4 is 30.3 Å². The number of nitrogens with zero attached hydrogens (tertiary/aromatic N) is 1. The van der Waals surface area contributed by atoms with Crippen molar-refractivity contribution in [1.82, 2.24) is 15.5 Å². The number of carbonyl (C=O) groups excluding carboxylic acids is 3. The van der Waals surface area contributed by atoms with Crippen LogP contribution in [0.3, 0.4) is 0 Å². The van der Waals surface area contributed by atoms with E-state index in [0.717, 1.165) is 4.90 Å². The zero-order valence-electron chi connectivity index (χ0n) is 12.1. The minimum atomic E-state index is -0.579. The summed E-state index contributed by atoms with van der Waals surface area (Å²) in [7, 11) is 0. The van der Waals surface area contributed by atoms with Crippen LogP contribution in [0, 0.1) is 5.41 Å². The Bertz CT molecular complexity index is 365. The molecule has 0 spiro atoms. The Morgan fingerprint density at radius 1 is 1.45 bits per heavy atom. The Labute approximate surface area is 125 Å². The van der Waals surface area contributed by atoms with Crippen molar-refractivity contribution in [3.63, 3.8) is 0 Å². The number of hydrogen-bond acceptors (Lipinski definition) is 4. The van der Waals surface area contributed by atoms with E-state index in [0.29, 0.717) is 19.5 Å². The molecular weight excluding hydrogens is 284 g/mol. The molecule has 0 aliphatic carbocycles. The fourth-order valence-corrected chi connectivity index (χ4v) is 1.63. The van der Waals surface area contributed by atoms with E-state index in [1.165, 1.54) is 0 Å². The highest BCUT2D eigenvalue weighted by molar-refractivity contribution is 6.01. The summed E-state index contributed by atoms with van der Waals surface area (Å²) in [6.07, 6.45) is 0.516. The minimum absolute atomic E-state index is 0. The van der Waals surface area contributed by atoms with Gasteiger partial charge in [0.05, 0.1) is 12.6 Å². The van der Waals surface area contributed by atoms with Gasteiger partial charge in [-0.05, 0) is 11.8 Å². The van der Waals surface area contributed by atoms with Crippen LogP contribution in [0.5, 0.6) is 0 Å². The third-order valence-corrected chi connectivity index (χ3v) is 3.01. The van der Waals surface area contributed by atoms with Gasteiger partial charge in [0.1, 0.15) is 0 Å². The number of imide groups is 1. The molecule has 1 aliphatic heterocycles. The molecule has 20 heavy (non-hydrogen) atoms. The number of halogens is 1. The van der Waals surface area contributed by atoms with E-state index >= 15 is 0 Å². The monoisotopic (exact) mass is 306 g/mol. The van der Waals surface area contributed by atoms with Gasteiger partial charge in [0, 0.05) is 13.1 Å². The lowest BCUT2D eigenvalue weighted by Crippen LogP contribution is -2.49. The number of urea groups is 1. The SMILES string of the molecule is CC(C)(C)[C@H](N)C(=O)NCCCN1C(=O)CNC1=O.Cl. The Morgan fingerprint density at radius 3 is 2.50 bits per heavy atom. The molecule has 4 amide bonds. The van der Waals surface area contributed by atoms with E-state index in [1.807, 2.05) is 20.8 Å². The zero-order valence-corrected chi connectivity index (χ0v) is 12.9. The van der Waals surface area contributed by atoms with Gasteiger partial charge in [-0.25, -0.2) is 4.79 Å². The van der Waals surface area contributed by atoms with Gasteiger partial charge in [-0.3, -0.25) is 14.5 Å². The van der Waals surface area contributed by atoms with Crippen LogP contribution in [0.25, 0.3) is 0 Å². The van der Waals surface area contributed by atoms with Crippen molar-refractivity contribution in [1.29, 1.82) is 0 Å². The van der Waals surface area contributed by atoms with Crippen LogP contribution in [-0.2, 0) is 9.59 Å². The molecule has 0 aromatic heterocycles. The number of nitrogens with one attached hydrogen (secondary N) is 2. The second-order valence-electron chi connectivity index (χ2n) is 5.69. The van der Waals surface area contributed by atoms with Gasteiger partial charge in [0.15, 0.2) is 0 Å². The smallest absolute Gasteiger partial charge is 0.324 e. The number of rotatable bonds is 5. The van der Waals surface area contributed by atoms with Crippen molar-refractivity contribution in [3.05, 3.63) is 0 Å². The van der Waals surface area contributed by atoms with E-state index in [4.69, 9.17) is 5.73 Å². The molecule has 1 aliphatic rings. The molecule has 7 nitrogen and oxygen atoms in total. The number of amides is 4. The first-order valence-electron chi connectivity index (χ1n) is 6.35. The third-order valence-electron chi connectivity index (χ3n) is 3.01. The maximum absolute atomic E-state index is 11.7. The maximum atomic E-state index is 11.7. The van der Waals surface area contributed by atoms with Crippen LogP contribution in [-0.4, -0.2) is 48.4 Å². The topological polar surface area (TPSA) is 105 Å². The highest BCUT2D eigenvalue weighted by Crippen LogP contribution is 2.17. The van der Waals surface area contributed by atoms with Gasteiger partial charge in [-0.15, -0.1) is 12.4 Å². The summed E-state index contributed by atoms with van der Waals surface area (Å²) >= 11 is 0. The van der Waals surface area contributed by atoms with Gasteiger partial charge in [0.25, 0.3) is 0 Å². The predicted octanol–water partition coefficient (Wildman–Crippen LogP) is -0.160. The van der Waals surface area contributed by atoms with Gasteiger partial charge in [0.2, 0.25) is 11.8 Å². The molecule has 0 saturated carbocycles. The standard InChI is InChI=1S/C12H22N4O3.ClH/c1-12(2,3)9(13)10(18)14-5-4-6-16-8(17)7-15-11(16)19;/h9H,4-7,13H2,1-3H3,(H,14,18)(H,15,19);1H/t9-;/m1./s1. The second-order valence-corrected chi connectivity index (χ2v) is 5.69. The van der Waals surface area contributed by atoms with Crippen LogP contribution in [0.4, 0.5) is 4.79 Å². The highest BCUT2D eigenvalue weighted by Gasteiger charge is 2.29. The molecule has 0 aromatic carbocycles. The Balaban J connectivity index is 0.00000361. The van der Waals surface area contributed by atoms with Crippen LogP contribution < -0.4 is 16.4 Å². The van der Waals surface area contributed by atoms with E-state index in [2.05, 4.69) is 10.6 Å². The van der Waals surface area contributed by atoms with Crippen LogP contribution in [0.1, 0.15) is 27.2 Å². The van der Waals surface area contributed by atoms with Gasteiger partial charge < -0.3 is 16.4 Å². The molecule has 1 heterocycles. The first-order chi connectivity index (χ1) is 8.73. The van der Waals surface area contributed by atoms with E-state index < -0.39 is 6.04 Å². The molecule has 1 atom stereocenters. The molecule has 0 aromatic rings. The van der Waals surface area contributed by atoms with Crippen molar-refractivity contribution < 1.29 is 14.4 Å². The summed E-state index contributed by atoms with van der Waals surface area (Å²) in [6.45, 7) is 6.43. The van der Waals surface area contributed by atoms with Crippen molar-refractivity contribution in [2.45, 2.75) is 33.2 Å². The normalized spacial score (nSPS) is 16.5. The third kappa shape index (κ3) is 4.97. The second kappa shape index (κ2) is 7.44. The molecular formula is C12H23ClN4O3. The highest BCUT2D eigenvalue weighted by atomic mass is 35.5. The Hall–Kier alpha value is -1.34. The largest absolute Gasteiger partial charge is 0.355 e. The molecule has 0 radical (unpaired) electrons. The zero-order chi connectivity index (χ0) is 14.6. The summed E-state index contributed by atoms with van der Waals surface area (Å²) < 4.78 is 0. The molecule has 1 rings (SSSR count). The summed E-state index contributed by atoms with van der Waals surface area (Å²) in [4.78, 5) is 35.4. The van der Waals surface area contributed by atoms with E-state index in [1.54, 1.807) is 0 Å². The first-order valence-corrected chi connectivity index (χ1v) is 6.35. The fourth-order valence-electron chi connectivity index (χ4n) is 1.63. The average molecular weight is 307 g/mol. The van der Waals surface area contributed by atoms with Gasteiger partial charge in [-0.1, -0.05) is 20.8 Å². The lowest BCUT2D eigenvalue weighted by molar-refractivity contribution is -0.125. The molecule has 4 N–H and O–H groups in total. The summed E-state index contributed by atoms with van der Waals surface area (Å²) in [5.74, 6) is -0.451. The van der Waals surface area contributed by atoms with Crippen molar-refractivity contribution in [2.75, 3.05) is 19.6 Å². The average Bonchev–Trinajstić information content (AvgIpc) is 2.63. The van der Waals surface area contributed by atoms with Crippen molar-refractivity contribution in [2.24, 2.45) is 11.1 Å². The molecule has 1 saturated heterocycles. The van der Waals surface area contributed by atoms with Crippen LogP contribution in [0.15, 0.2) is 0 Å². The lowest BCUT2D eigenvalue weighted by atomic mass is 9.87. The Kier molecular flexibility index (Phi) is 6.95. The summed E-state index contributed by atoms with van der Waals surface area (Å²) in [5.41, 5.74) is 5.51. The molecule has 0 unspecified atom stereocenters. The molecule has 116 valence electrons. The maximum Gasteiger partial charge on any atom is 0.324 e. The quantitative estimate of drug-likeness (QED) is 0.485. The van der Waals surface area contributed by atoms with E-state index in [9.17, 15) is 14.4 Å². The number of carbonyl (C=O) groups is 3. The minimum Gasteiger partial charge on any atom is -0.355 e. The van der Waals surface area contributed by atoms with Gasteiger partial charge >= 0.3 is 6.03 Å². The fraction of sp³-hybridized carbons (Fsp3) is 0.750. The molecule has 1 fully saturated rings. The van der Waals surface area contributed by atoms with Gasteiger partial charge in [-0.2, -0.15) is 0 Å². The number of nitrogens with two attached hydrogens (primary N) is 1. The summed E-state index contributed by atoms with van der Waals surface area (Å²) in [5, 5.41) is 5.15. The predicted molar refractivity (Wildman–Crippen MR) is 77.4 cm³/mol.